The number of benzene rings is 1. The number of hydrogen-bond acceptors (Lipinski definition) is 3. The molecule has 1 aromatic rings. The molecule has 0 bridgehead atoms. The van der Waals surface area contributed by atoms with Crippen molar-refractivity contribution in [1.82, 2.24) is 4.72 Å². The van der Waals surface area contributed by atoms with E-state index in [4.69, 9.17) is 5.73 Å². The highest BCUT2D eigenvalue weighted by atomic mass is 32.2. The van der Waals surface area contributed by atoms with Crippen LogP contribution in [-0.4, -0.2) is 14.5 Å². The summed E-state index contributed by atoms with van der Waals surface area (Å²) in [4.78, 5) is -0.677. The minimum Gasteiger partial charge on any atom is -0.326 e. The average molecular weight is 304 g/mol. The SMILES string of the molecule is CC(NS(=O)(=O)c1cc(CN)cc(F)c1F)C1CCC1. The summed E-state index contributed by atoms with van der Waals surface area (Å²) >= 11 is 0. The van der Waals surface area contributed by atoms with Gasteiger partial charge in [-0.05, 0) is 43.4 Å². The Balaban J connectivity index is 2.30. The van der Waals surface area contributed by atoms with Crippen LogP contribution < -0.4 is 10.5 Å². The van der Waals surface area contributed by atoms with Crippen molar-refractivity contribution < 1.29 is 17.2 Å². The standard InChI is InChI=1S/C13H18F2N2O2S/c1-8(10-3-2-4-10)17-20(18,19)12-6-9(7-16)5-11(14)13(12)15/h5-6,8,10,17H,2-4,7,16H2,1H3. The van der Waals surface area contributed by atoms with Crippen molar-refractivity contribution in [3.8, 4) is 0 Å². The van der Waals surface area contributed by atoms with Crippen LogP contribution in [0, 0.1) is 17.6 Å². The smallest absolute Gasteiger partial charge is 0.243 e. The van der Waals surface area contributed by atoms with Gasteiger partial charge in [-0.15, -0.1) is 0 Å². The summed E-state index contributed by atoms with van der Waals surface area (Å²) in [5.41, 5.74) is 5.59. The highest BCUT2D eigenvalue weighted by molar-refractivity contribution is 7.89. The van der Waals surface area contributed by atoms with Crippen molar-refractivity contribution in [1.29, 1.82) is 0 Å². The maximum Gasteiger partial charge on any atom is 0.243 e. The second kappa shape index (κ2) is 5.75. The van der Waals surface area contributed by atoms with E-state index in [-0.39, 0.29) is 24.1 Å². The fourth-order valence-electron chi connectivity index (χ4n) is 2.27. The predicted molar refractivity (Wildman–Crippen MR) is 71.4 cm³/mol. The van der Waals surface area contributed by atoms with E-state index in [2.05, 4.69) is 4.72 Å². The summed E-state index contributed by atoms with van der Waals surface area (Å²) in [6.45, 7) is 1.68. The third kappa shape index (κ3) is 2.99. The van der Waals surface area contributed by atoms with Gasteiger partial charge in [-0.25, -0.2) is 21.9 Å². The summed E-state index contributed by atoms with van der Waals surface area (Å²) < 4.78 is 53.9. The summed E-state index contributed by atoms with van der Waals surface area (Å²) in [7, 11) is -4.09. The Kier molecular flexibility index (Phi) is 4.41. The molecule has 1 saturated carbocycles. The molecule has 7 heteroatoms. The zero-order valence-electron chi connectivity index (χ0n) is 11.2. The zero-order chi connectivity index (χ0) is 14.9. The summed E-state index contributed by atoms with van der Waals surface area (Å²) in [5.74, 6) is -2.31. The summed E-state index contributed by atoms with van der Waals surface area (Å²) in [6.07, 6.45) is 2.97. The lowest BCUT2D eigenvalue weighted by Crippen LogP contribution is -2.41. The fourth-order valence-corrected chi connectivity index (χ4v) is 3.72. The van der Waals surface area contributed by atoms with Crippen molar-refractivity contribution >= 4 is 10.0 Å². The van der Waals surface area contributed by atoms with Crippen molar-refractivity contribution in [2.75, 3.05) is 0 Å². The molecule has 1 fully saturated rings. The molecule has 0 saturated heterocycles. The van der Waals surface area contributed by atoms with Gasteiger partial charge in [-0.3, -0.25) is 0 Å². The van der Waals surface area contributed by atoms with Crippen LogP contribution in [0.4, 0.5) is 8.78 Å². The van der Waals surface area contributed by atoms with Crippen molar-refractivity contribution in [2.45, 2.75) is 43.7 Å². The normalized spacial score (nSPS) is 17.8. The van der Waals surface area contributed by atoms with Crippen LogP contribution in [0.3, 0.4) is 0 Å². The predicted octanol–water partition coefficient (Wildman–Crippen LogP) is 1.89. The Morgan fingerprint density at radius 3 is 2.55 bits per heavy atom. The third-order valence-corrected chi connectivity index (χ3v) is 5.34. The van der Waals surface area contributed by atoms with E-state index in [1.54, 1.807) is 6.92 Å². The molecule has 0 aromatic heterocycles. The molecule has 1 aliphatic rings. The summed E-state index contributed by atoms with van der Waals surface area (Å²) in [6, 6.07) is 1.69. The maximum atomic E-state index is 13.7. The highest BCUT2D eigenvalue weighted by Gasteiger charge is 2.30. The van der Waals surface area contributed by atoms with Gasteiger partial charge < -0.3 is 5.73 Å². The van der Waals surface area contributed by atoms with Crippen LogP contribution in [-0.2, 0) is 16.6 Å². The monoisotopic (exact) mass is 304 g/mol. The molecule has 0 amide bonds. The van der Waals surface area contributed by atoms with Gasteiger partial charge in [0.05, 0.1) is 0 Å². The van der Waals surface area contributed by atoms with E-state index < -0.39 is 26.6 Å². The van der Waals surface area contributed by atoms with Crippen LogP contribution in [0.2, 0.25) is 0 Å². The fraction of sp³-hybridized carbons (Fsp3) is 0.538. The van der Waals surface area contributed by atoms with E-state index in [1.807, 2.05) is 0 Å². The molecule has 3 N–H and O–H groups in total. The molecular formula is C13H18F2N2O2S. The molecule has 112 valence electrons. The first-order valence-corrected chi connectivity index (χ1v) is 8.04. The molecule has 0 spiro atoms. The van der Waals surface area contributed by atoms with Crippen molar-refractivity contribution in [3.63, 3.8) is 0 Å². The lowest BCUT2D eigenvalue weighted by molar-refractivity contribution is 0.260. The first kappa shape index (κ1) is 15.3. The minimum atomic E-state index is -4.09. The van der Waals surface area contributed by atoms with Crippen LogP contribution in [0.25, 0.3) is 0 Å². The number of halogens is 2. The number of nitrogens with one attached hydrogen (secondary N) is 1. The molecule has 1 aliphatic carbocycles. The van der Waals surface area contributed by atoms with Crippen molar-refractivity contribution in [3.05, 3.63) is 29.3 Å². The zero-order valence-corrected chi connectivity index (χ0v) is 12.0. The Labute approximate surface area is 117 Å². The summed E-state index contributed by atoms with van der Waals surface area (Å²) in [5, 5.41) is 0. The Morgan fingerprint density at radius 2 is 2.05 bits per heavy atom. The lowest BCUT2D eigenvalue weighted by atomic mass is 9.81. The van der Waals surface area contributed by atoms with Crippen LogP contribution in [0.15, 0.2) is 17.0 Å². The molecule has 20 heavy (non-hydrogen) atoms. The molecule has 2 rings (SSSR count). The van der Waals surface area contributed by atoms with Crippen LogP contribution in [0.5, 0.6) is 0 Å². The topological polar surface area (TPSA) is 72.2 Å². The van der Waals surface area contributed by atoms with Gasteiger partial charge in [0.1, 0.15) is 4.90 Å². The molecule has 0 radical (unpaired) electrons. The average Bonchev–Trinajstić information content (AvgIpc) is 2.29. The molecule has 0 aliphatic heterocycles. The van der Waals surface area contributed by atoms with Gasteiger partial charge in [0, 0.05) is 12.6 Å². The molecule has 1 atom stereocenters. The number of nitrogens with two attached hydrogens (primary N) is 1. The van der Waals surface area contributed by atoms with E-state index in [0.717, 1.165) is 31.4 Å². The second-order valence-corrected chi connectivity index (χ2v) is 6.88. The van der Waals surface area contributed by atoms with E-state index in [0.29, 0.717) is 0 Å². The van der Waals surface area contributed by atoms with Gasteiger partial charge >= 0.3 is 0 Å². The molecule has 0 heterocycles. The van der Waals surface area contributed by atoms with Gasteiger partial charge in [0.25, 0.3) is 0 Å². The van der Waals surface area contributed by atoms with Gasteiger partial charge in [-0.1, -0.05) is 6.42 Å². The Hall–Kier alpha value is -1.05. The largest absolute Gasteiger partial charge is 0.326 e. The number of hydrogen-bond donors (Lipinski definition) is 2. The van der Waals surface area contributed by atoms with Gasteiger partial charge in [-0.2, -0.15) is 0 Å². The van der Waals surface area contributed by atoms with Gasteiger partial charge in [0.2, 0.25) is 10.0 Å². The van der Waals surface area contributed by atoms with Crippen molar-refractivity contribution in [2.24, 2.45) is 11.7 Å². The molecular weight excluding hydrogens is 286 g/mol. The highest BCUT2D eigenvalue weighted by Crippen LogP contribution is 2.30. The lowest BCUT2D eigenvalue weighted by Gasteiger charge is -2.31. The molecule has 1 aromatic carbocycles. The quantitative estimate of drug-likeness (QED) is 0.872. The second-order valence-electron chi connectivity index (χ2n) is 5.19. The minimum absolute atomic E-state index is 0.0576. The third-order valence-electron chi connectivity index (χ3n) is 3.78. The molecule has 1 unspecified atom stereocenters. The van der Waals surface area contributed by atoms with E-state index in [1.165, 1.54) is 0 Å². The van der Waals surface area contributed by atoms with Crippen LogP contribution >= 0.6 is 0 Å². The maximum absolute atomic E-state index is 13.7. The van der Waals surface area contributed by atoms with Gasteiger partial charge in [0.15, 0.2) is 11.6 Å². The van der Waals surface area contributed by atoms with E-state index in [9.17, 15) is 17.2 Å². The number of rotatable bonds is 5. The molecule has 4 nitrogen and oxygen atoms in total. The number of sulfonamides is 1. The van der Waals surface area contributed by atoms with E-state index >= 15 is 0 Å². The Bertz CT molecular complexity index is 601. The first-order valence-electron chi connectivity index (χ1n) is 6.55. The first-order chi connectivity index (χ1) is 9.35. The Morgan fingerprint density at radius 1 is 1.40 bits per heavy atom. The van der Waals surface area contributed by atoms with Crippen LogP contribution in [0.1, 0.15) is 31.7 Å².